The van der Waals surface area contributed by atoms with Gasteiger partial charge in [0, 0.05) is 12.2 Å². The van der Waals surface area contributed by atoms with Crippen LogP contribution in [-0.4, -0.2) is 47.0 Å². The lowest BCUT2D eigenvalue weighted by molar-refractivity contribution is 0.405. The zero-order valence-electron chi connectivity index (χ0n) is 13.5. The fraction of sp³-hybridized carbons (Fsp3) is 0.438. The van der Waals surface area contributed by atoms with Gasteiger partial charge in [-0.05, 0) is 52.5 Å². The van der Waals surface area contributed by atoms with Gasteiger partial charge < -0.3 is 14.6 Å². The van der Waals surface area contributed by atoms with Gasteiger partial charge in [-0.1, -0.05) is 0 Å². The molecule has 1 N–H and O–H groups in total. The smallest absolute Gasteiger partial charge is 0.229 e. The van der Waals surface area contributed by atoms with Gasteiger partial charge in [-0.25, -0.2) is 15.0 Å². The molecule has 22 heavy (non-hydrogen) atoms. The molecule has 0 aliphatic rings. The van der Waals surface area contributed by atoms with Crippen molar-refractivity contribution in [1.82, 2.24) is 19.9 Å². The molecule has 6 heteroatoms. The van der Waals surface area contributed by atoms with Crippen LogP contribution < -0.4 is 5.32 Å². The maximum atomic E-state index is 5.91. The highest BCUT2D eigenvalue weighted by Crippen LogP contribution is 2.31. The van der Waals surface area contributed by atoms with E-state index < -0.39 is 0 Å². The third-order valence-electron chi connectivity index (χ3n) is 3.63. The van der Waals surface area contributed by atoms with Gasteiger partial charge in [-0.2, -0.15) is 0 Å². The second-order valence-electron chi connectivity index (χ2n) is 5.85. The Morgan fingerprint density at radius 3 is 2.82 bits per heavy atom. The van der Waals surface area contributed by atoms with Gasteiger partial charge in [0.15, 0.2) is 11.4 Å². The molecule has 6 nitrogen and oxygen atoms in total. The van der Waals surface area contributed by atoms with Gasteiger partial charge in [0.25, 0.3) is 0 Å². The second-order valence-corrected chi connectivity index (χ2v) is 5.85. The fourth-order valence-electron chi connectivity index (χ4n) is 2.64. The van der Waals surface area contributed by atoms with Crippen LogP contribution in [0.15, 0.2) is 16.8 Å². The van der Waals surface area contributed by atoms with E-state index in [9.17, 15) is 0 Å². The Bertz CT molecular complexity index is 809. The normalized spacial score (nSPS) is 11.7. The first-order chi connectivity index (χ1) is 10.6. The number of rotatable bonds is 5. The summed E-state index contributed by atoms with van der Waals surface area (Å²) in [5.74, 6) is 0.735. The Labute approximate surface area is 129 Å². The molecular weight excluding hydrogens is 278 g/mol. The summed E-state index contributed by atoms with van der Waals surface area (Å²) in [5.41, 5.74) is 4.20. The van der Waals surface area contributed by atoms with E-state index in [0.717, 1.165) is 47.5 Å². The number of anilines is 1. The number of nitrogens with one attached hydrogen (secondary N) is 1. The molecule has 116 valence electrons. The lowest BCUT2D eigenvalue weighted by Gasteiger charge is -2.09. The van der Waals surface area contributed by atoms with Gasteiger partial charge in [0.1, 0.15) is 11.8 Å². The molecule has 0 spiro atoms. The summed E-state index contributed by atoms with van der Waals surface area (Å²) in [5, 5.41) is 4.31. The van der Waals surface area contributed by atoms with Crippen molar-refractivity contribution in [3.63, 3.8) is 0 Å². The summed E-state index contributed by atoms with van der Waals surface area (Å²) in [6.45, 7) is 5.89. The van der Waals surface area contributed by atoms with Crippen LogP contribution in [0.3, 0.4) is 0 Å². The number of hydrogen-bond acceptors (Lipinski definition) is 6. The molecule has 0 atom stereocenters. The zero-order chi connectivity index (χ0) is 15.7. The highest BCUT2D eigenvalue weighted by molar-refractivity contribution is 6.05. The molecule has 0 aromatic carbocycles. The molecule has 0 amide bonds. The number of aryl methyl sites for hydroxylation is 2. The summed E-state index contributed by atoms with van der Waals surface area (Å²) in [6.07, 6.45) is 2.61. The zero-order valence-corrected chi connectivity index (χ0v) is 13.5. The lowest BCUT2D eigenvalue weighted by Crippen LogP contribution is -2.16. The van der Waals surface area contributed by atoms with Crippen molar-refractivity contribution in [3.8, 4) is 0 Å². The summed E-state index contributed by atoms with van der Waals surface area (Å²) in [4.78, 5) is 15.3. The molecule has 0 aliphatic heterocycles. The molecule has 0 aliphatic carbocycles. The van der Waals surface area contributed by atoms with Crippen LogP contribution in [0.25, 0.3) is 22.2 Å². The largest absolute Gasteiger partial charge is 0.432 e. The lowest BCUT2D eigenvalue weighted by atomic mass is 10.1. The SMILES string of the molecule is Cc1cc(C)c2c(n1)oc1c(NCCCN(C)C)ncnc12. The Morgan fingerprint density at radius 2 is 2.05 bits per heavy atom. The number of nitrogens with zero attached hydrogens (tertiary/aromatic N) is 4. The minimum absolute atomic E-state index is 0.629. The summed E-state index contributed by atoms with van der Waals surface area (Å²) < 4.78 is 5.91. The van der Waals surface area contributed by atoms with Crippen LogP contribution in [0.4, 0.5) is 5.82 Å². The molecule has 3 rings (SSSR count). The summed E-state index contributed by atoms with van der Waals surface area (Å²) in [7, 11) is 4.14. The van der Waals surface area contributed by atoms with Gasteiger partial charge >= 0.3 is 0 Å². The number of aromatic nitrogens is 3. The van der Waals surface area contributed by atoms with E-state index in [4.69, 9.17) is 4.42 Å². The van der Waals surface area contributed by atoms with E-state index in [-0.39, 0.29) is 0 Å². The van der Waals surface area contributed by atoms with E-state index in [1.807, 2.05) is 13.0 Å². The highest BCUT2D eigenvalue weighted by atomic mass is 16.3. The topological polar surface area (TPSA) is 67.1 Å². The molecule has 0 saturated carbocycles. The molecule has 3 aromatic rings. The maximum absolute atomic E-state index is 5.91. The van der Waals surface area contributed by atoms with Crippen molar-refractivity contribution in [1.29, 1.82) is 0 Å². The van der Waals surface area contributed by atoms with Crippen LogP contribution in [0.2, 0.25) is 0 Å². The number of pyridine rings is 1. The van der Waals surface area contributed by atoms with Gasteiger partial charge in [0.05, 0.1) is 5.39 Å². The molecule has 0 unspecified atom stereocenters. The predicted molar refractivity (Wildman–Crippen MR) is 88.2 cm³/mol. The fourth-order valence-corrected chi connectivity index (χ4v) is 2.64. The molecular formula is C16H21N5O. The molecule has 0 saturated heterocycles. The van der Waals surface area contributed by atoms with Crippen LogP contribution in [0.1, 0.15) is 17.7 Å². The Morgan fingerprint density at radius 1 is 1.23 bits per heavy atom. The van der Waals surface area contributed by atoms with Crippen LogP contribution in [-0.2, 0) is 0 Å². The highest BCUT2D eigenvalue weighted by Gasteiger charge is 2.16. The maximum Gasteiger partial charge on any atom is 0.229 e. The van der Waals surface area contributed by atoms with Gasteiger partial charge in [0.2, 0.25) is 5.71 Å². The average molecular weight is 299 g/mol. The Balaban J connectivity index is 1.96. The quantitative estimate of drug-likeness (QED) is 0.731. The van der Waals surface area contributed by atoms with Crippen LogP contribution >= 0.6 is 0 Å². The van der Waals surface area contributed by atoms with Crippen molar-refractivity contribution in [3.05, 3.63) is 23.7 Å². The number of hydrogen-bond donors (Lipinski definition) is 1. The first kappa shape index (κ1) is 14.7. The third-order valence-corrected chi connectivity index (χ3v) is 3.63. The molecule has 0 bridgehead atoms. The van der Waals surface area contributed by atoms with Crippen molar-refractivity contribution in [2.24, 2.45) is 0 Å². The van der Waals surface area contributed by atoms with Crippen molar-refractivity contribution < 1.29 is 4.42 Å². The van der Waals surface area contributed by atoms with Gasteiger partial charge in [-0.3, -0.25) is 0 Å². The first-order valence-electron chi connectivity index (χ1n) is 7.46. The van der Waals surface area contributed by atoms with Crippen LogP contribution in [0, 0.1) is 13.8 Å². The Kier molecular flexibility index (Phi) is 3.94. The van der Waals surface area contributed by atoms with E-state index in [1.54, 1.807) is 6.33 Å². The average Bonchev–Trinajstić information content (AvgIpc) is 2.82. The van der Waals surface area contributed by atoms with E-state index in [1.165, 1.54) is 0 Å². The molecule has 3 aromatic heterocycles. The molecule has 0 fully saturated rings. The van der Waals surface area contributed by atoms with Crippen molar-refractivity contribution in [2.75, 3.05) is 32.5 Å². The van der Waals surface area contributed by atoms with E-state index >= 15 is 0 Å². The Hall–Kier alpha value is -2.21. The summed E-state index contributed by atoms with van der Waals surface area (Å²) in [6, 6.07) is 2.05. The van der Waals surface area contributed by atoms with E-state index in [2.05, 4.69) is 46.2 Å². The van der Waals surface area contributed by atoms with Crippen molar-refractivity contribution >= 4 is 28.0 Å². The second kappa shape index (κ2) is 5.88. The molecule has 0 radical (unpaired) electrons. The van der Waals surface area contributed by atoms with Crippen LogP contribution in [0.5, 0.6) is 0 Å². The van der Waals surface area contributed by atoms with Crippen molar-refractivity contribution in [2.45, 2.75) is 20.3 Å². The minimum atomic E-state index is 0.629. The molecule has 3 heterocycles. The minimum Gasteiger partial charge on any atom is -0.432 e. The first-order valence-corrected chi connectivity index (χ1v) is 7.46. The van der Waals surface area contributed by atoms with E-state index in [0.29, 0.717) is 11.3 Å². The number of fused-ring (bicyclic) bond motifs is 3. The predicted octanol–water partition coefficient (Wildman–Crippen LogP) is 2.75. The summed E-state index contributed by atoms with van der Waals surface area (Å²) >= 11 is 0. The third kappa shape index (κ3) is 2.74. The monoisotopic (exact) mass is 299 g/mol. The standard InChI is InChI=1S/C16H21N5O/c1-10-8-11(2)20-16-12(10)13-14(22-16)15(19-9-18-13)17-6-5-7-21(3)4/h8-9H,5-7H2,1-4H3,(H,17,18,19). The number of furan rings is 1. The van der Waals surface area contributed by atoms with Gasteiger partial charge in [-0.15, -0.1) is 0 Å².